The number of nitrogens with one attached hydrogen (secondary N) is 1. The Balaban J connectivity index is 1.49. The van der Waals surface area contributed by atoms with Gasteiger partial charge in [0.2, 0.25) is 0 Å². The molecule has 1 N–H and O–H groups in total. The van der Waals surface area contributed by atoms with Crippen molar-refractivity contribution in [3.05, 3.63) is 65.5 Å². The molecule has 0 atom stereocenters. The molecule has 6 nitrogen and oxygen atoms in total. The number of amides is 1. The molecule has 30 heavy (non-hydrogen) atoms. The Hall–Kier alpha value is -2.29. The van der Waals surface area contributed by atoms with Gasteiger partial charge in [-0.15, -0.1) is 0 Å². The largest absolute Gasteiger partial charge is 0.384 e. The zero-order valence-corrected chi connectivity index (χ0v) is 17.8. The Kier molecular flexibility index (Phi) is 7.58. The molecule has 0 aromatic heterocycles. The van der Waals surface area contributed by atoms with Crippen LogP contribution >= 0.6 is 0 Å². The van der Waals surface area contributed by atoms with Crippen LogP contribution in [-0.2, 0) is 21.1 Å². The number of carbonyl (C=O) groups is 1. The normalized spacial score (nSPS) is 15.8. The highest BCUT2D eigenvalue weighted by atomic mass is 32.2. The summed E-state index contributed by atoms with van der Waals surface area (Å²) in [6.07, 6.45) is 1.66. The van der Waals surface area contributed by atoms with Crippen LogP contribution in [0.5, 0.6) is 0 Å². The fourth-order valence-electron chi connectivity index (χ4n) is 3.48. The predicted molar refractivity (Wildman–Crippen MR) is 113 cm³/mol. The van der Waals surface area contributed by atoms with E-state index in [4.69, 9.17) is 4.74 Å². The average molecular weight is 435 g/mol. The maximum Gasteiger partial charge on any atom is 0.251 e. The van der Waals surface area contributed by atoms with Crippen molar-refractivity contribution >= 4 is 15.7 Å². The Morgan fingerprint density at radius 3 is 2.33 bits per heavy atom. The average Bonchev–Trinajstić information content (AvgIpc) is 2.75. The molecule has 0 spiro atoms. The lowest BCUT2D eigenvalue weighted by Gasteiger charge is -2.32. The number of piperidine rings is 1. The van der Waals surface area contributed by atoms with E-state index in [1.165, 1.54) is 31.4 Å². The maximum absolute atomic E-state index is 13.0. The van der Waals surface area contributed by atoms with Crippen LogP contribution in [0.4, 0.5) is 4.39 Å². The van der Waals surface area contributed by atoms with Gasteiger partial charge >= 0.3 is 0 Å². The van der Waals surface area contributed by atoms with E-state index >= 15 is 0 Å². The van der Waals surface area contributed by atoms with Crippen LogP contribution in [0.2, 0.25) is 0 Å². The number of nitrogens with zero attached hydrogens (tertiary/aromatic N) is 1. The van der Waals surface area contributed by atoms with E-state index in [0.29, 0.717) is 5.56 Å². The van der Waals surface area contributed by atoms with E-state index in [1.807, 2.05) is 0 Å². The number of methoxy groups -OCH3 is 1. The molecule has 0 saturated carbocycles. The highest BCUT2D eigenvalue weighted by molar-refractivity contribution is 7.91. The Morgan fingerprint density at radius 2 is 1.73 bits per heavy atom. The Morgan fingerprint density at radius 1 is 1.10 bits per heavy atom. The summed E-state index contributed by atoms with van der Waals surface area (Å²) in [4.78, 5) is 15.0. The molecule has 1 saturated heterocycles. The van der Waals surface area contributed by atoms with Gasteiger partial charge in [0.25, 0.3) is 5.91 Å². The molecule has 2 aromatic carbocycles. The van der Waals surface area contributed by atoms with Gasteiger partial charge in [0.05, 0.1) is 17.3 Å². The number of sulfone groups is 1. The fourth-order valence-corrected chi connectivity index (χ4v) is 4.65. The van der Waals surface area contributed by atoms with Gasteiger partial charge in [0, 0.05) is 38.3 Å². The second kappa shape index (κ2) is 10.1. The highest BCUT2D eigenvalue weighted by Gasteiger charge is 2.22. The number of rotatable bonds is 8. The van der Waals surface area contributed by atoms with E-state index in [-0.39, 0.29) is 35.0 Å². The molecule has 2 aromatic rings. The molecule has 0 aliphatic carbocycles. The van der Waals surface area contributed by atoms with Crippen molar-refractivity contribution in [2.24, 2.45) is 0 Å². The van der Waals surface area contributed by atoms with Crippen LogP contribution in [0.25, 0.3) is 0 Å². The molecule has 162 valence electrons. The van der Waals surface area contributed by atoms with Gasteiger partial charge in [-0.05, 0) is 54.8 Å². The summed E-state index contributed by atoms with van der Waals surface area (Å²) in [6, 6.07) is 12.6. The minimum Gasteiger partial charge on any atom is -0.384 e. The first-order valence-electron chi connectivity index (χ1n) is 9.97. The van der Waals surface area contributed by atoms with Crippen molar-refractivity contribution in [2.75, 3.05) is 32.6 Å². The maximum atomic E-state index is 13.0. The van der Waals surface area contributed by atoms with Crippen molar-refractivity contribution in [3.63, 3.8) is 0 Å². The molecule has 1 aliphatic heterocycles. The lowest BCUT2D eigenvalue weighted by atomic mass is 10.0. The molecule has 1 amide bonds. The summed E-state index contributed by atoms with van der Waals surface area (Å²) < 4.78 is 42.2. The van der Waals surface area contributed by atoms with E-state index < -0.39 is 9.84 Å². The SMILES string of the molecule is COCCS(=O)(=O)c1ccc(C(=O)NC2CCN(Cc3ccc(F)cc3)CC2)cc1. The molecule has 1 aliphatic rings. The van der Waals surface area contributed by atoms with Crippen molar-refractivity contribution in [2.45, 2.75) is 30.3 Å². The third kappa shape index (κ3) is 6.10. The number of halogens is 1. The minimum atomic E-state index is -3.41. The van der Waals surface area contributed by atoms with Crippen LogP contribution in [-0.4, -0.2) is 57.8 Å². The van der Waals surface area contributed by atoms with Gasteiger partial charge < -0.3 is 10.1 Å². The van der Waals surface area contributed by atoms with Crippen LogP contribution < -0.4 is 5.32 Å². The van der Waals surface area contributed by atoms with E-state index in [9.17, 15) is 17.6 Å². The van der Waals surface area contributed by atoms with Crippen molar-refractivity contribution in [1.82, 2.24) is 10.2 Å². The molecular formula is C22H27FN2O4S. The highest BCUT2D eigenvalue weighted by Crippen LogP contribution is 2.16. The van der Waals surface area contributed by atoms with Gasteiger partial charge in [-0.1, -0.05) is 12.1 Å². The first-order chi connectivity index (χ1) is 14.4. The first-order valence-corrected chi connectivity index (χ1v) is 11.6. The fraction of sp³-hybridized carbons (Fsp3) is 0.409. The zero-order valence-electron chi connectivity index (χ0n) is 17.0. The quantitative estimate of drug-likeness (QED) is 0.691. The van der Waals surface area contributed by atoms with Crippen molar-refractivity contribution < 1.29 is 22.3 Å². The van der Waals surface area contributed by atoms with Gasteiger partial charge in [-0.2, -0.15) is 0 Å². The predicted octanol–water partition coefficient (Wildman–Crippen LogP) is 2.64. The molecule has 0 bridgehead atoms. The van der Waals surface area contributed by atoms with Crippen molar-refractivity contribution in [3.8, 4) is 0 Å². The molecule has 8 heteroatoms. The van der Waals surface area contributed by atoms with Crippen molar-refractivity contribution in [1.29, 1.82) is 0 Å². The Labute approximate surface area is 177 Å². The number of hydrogen-bond acceptors (Lipinski definition) is 5. The molecule has 1 heterocycles. The second-order valence-corrected chi connectivity index (χ2v) is 9.60. The van der Waals surface area contributed by atoms with Crippen LogP contribution in [0.1, 0.15) is 28.8 Å². The monoisotopic (exact) mass is 434 g/mol. The molecule has 0 radical (unpaired) electrons. The van der Waals surface area contributed by atoms with Gasteiger partial charge in [-0.3, -0.25) is 9.69 Å². The van der Waals surface area contributed by atoms with E-state index in [1.54, 1.807) is 24.3 Å². The lowest BCUT2D eigenvalue weighted by molar-refractivity contribution is 0.0909. The van der Waals surface area contributed by atoms with E-state index in [2.05, 4.69) is 10.2 Å². The standard InChI is InChI=1S/C22H27FN2O4S/c1-29-14-15-30(27,28)21-8-4-18(5-9-21)22(26)24-20-10-12-25(13-11-20)16-17-2-6-19(23)7-3-17/h2-9,20H,10-16H2,1H3,(H,24,26). The summed E-state index contributed by atoms with van der Waals surface area (Å²) in [7, 11) is -1.95. The number of ether oxygens (including phenoxy) is 1. The second-order valence-electron chi connectivity index (χ2n) is 7.49. The van der Waals surface area contributed by atoms with Crippen LogP contribution in [0.15, 0.2) is 53.4 Å². The summed E-state index contributed by atoms with van der Waals surface area (Å²) in [5, 5.41) is 3.03. The number of carbonyl (C=O) groups excluding carboxylic acids is 1. The lowest BCUT2D eigenvalue weighted by Crippen LogP contribution is -2.44. The summed E-state index contributed by atoms with van der Waals surface area (Å²) in [6.45, 7) is 2.59. The number of benzene rings is 2. The molecule has 3 rings (SSSR count). The molecule has 0 unspecified atom stereocenters. The smallest absolute Gasteiger partial charge is 0.251 e. The van der Waals surface area contributed by atoms with Crippen LogP contribution in [0, 0.1) is 5.82 Å². The summed E-state index contributed by atoms with van der Waals surface area (Å²) >= 11 is 0. The summed E-state index contributed by atoms with van der Waals surface area (Å²) in [5.74, 6) is -0.528. The number of likely N-dealkylation sites (tertiary alicyclic amines) is 1. The third-order valence-corrected chi connectivity index (χ3v) is 6.97. The summed E-state index contributed by atoms with van der Waals surface area (Å²) in [5.41, 5.74) is 1.51. The topological polar surface area (TPSA) is 75.7 Å². The number of hydrogen-bond donors (Lipinski definition) is 1. The van der Waals surface area contributed by atoms with Gasteiger partial charge in [0.15, 0.2) is 9.84 Å². The van der Waals surface area contributed by atoms with Gasteiger partial charge in [0.1, 0.15) is 5.82 Å². The first kappa shape index (κ1) is 22.4. The van der Waals surface area contributed by atoms with Crippen LogP contribution in [0.3, 0.4) is 0 Å². The van der Waals surface area contributed by atoms with Gasteiger partial charge in [-0.25, -0.2) is 12.8 Å². The molecular weight excluding hydrogens is 407 g/mol. The Bertz CT molecular complexity index is 938. The minimum absolute atomic E-state index is 0.0760. The molecule has 1 fully saturated rings. The van der Waals surface area contributed by atoms with E-state index in [0.717, 1.165) is 38.0 Å². The zero-order chi connectivity index (χ0) is 21.6. The third-order valence-electron chi connectivity index (χ3n) is 5.27.